The van der Waals surface area contributed by atoms with Gasteiger partial charge in [0.1, 0.15) is 0 Å². The van der Waals surface area contributed by atoms with Crippen LogP contribution in [0.1, 0.15) is 23.3 Å². The van der Waals surface area contributed by atoms with Crippen molar-refractivity contribution in [1.29, 1.82) is 0 Å². The van der Waals surface area contributed by atoms with E-state index >= 15 is 0 Å². The maximum Gasteiger partial charge on any atom is 0.272 e. The average molecular weight is 238 g/mol. The number of hydrogen-bond acceptors (Lipinski definition) is 5. The van der Waals surface area contributed by atoms with E-state index in [2.05, 4.69) is 26.3 Å². The van der Waals surface area contributed by atoms with Crippen molar-refractivity contribution in [3.8, 4) is 0 Å². The summed E-state index contributed by atoms with van der Waals surface area (Å²) in [6.07, 6.45) is 4.19. The van der Waals surface area contributed by atoms with Crippen LogP contribution in [0.25, 0.3) is 0 Å². The van der Waals surface area contributed by atoms with E-state index in [0.717, 1.165) is 25.9 Å². The fourth-order valence-corrected chi connectivity index (χ4v) is 2.02. The van der Waals surface area contributed by atoms with E-state index in [0.29, 0.717) is 12.2 Å². The number of carbonyl (C=O) groups is 1. The molecule has 1 amide bonds. The molecule has 86 valence electrons. The van der Waals surface area contributed by atoms with Gasteiger partial charge in [0.05, 0.1) is 0 Å². The van der Waals surface area contributed by atoms with Crippen molar-refractivity contribution in [2.45, 2.75) is 12.8 Å². The standard InChI is InChI=1S/C10H14N4OS/c15-10(9-7-16-14-13-9)12-6-3-8-1-4-11-5-2-8/h1,7,11H,2-6H2,(H,12,15). The third kappa shape index (κ3) is 3.11. The number of carbonyl (C=O) groups excluding carboxylic acids is 1. The lowest BCUT2D eigenvalue weighted by molar-refractivity contribution is 0.0949. The Morgan fingerprint density at radius 1 is 1.62 bits per heavy atom. The molecule has 0 saturated heterocycles. The van der Waals surface area contributed by atoms with Crippen molar-refractivity contribution in [1.82, 2.24) is 20.2 Å². The van der Waals surface area contributed by atoms with Gasteiger partial charge in [-0.05, 0) is 30.9 Å². The highest BCUT2D eigenvalue weighted by atomic mass is 32.1. The lowest BCUT2D eigenvalue weighted by atomic mass is 10.1. The maximum atomic E-state index is 11.5. The van der Waals surface area contributed by atoms with Gasteiger partial charge in [0.25, 0.3) is 5.91 Å². The van der Waals surface area contributed by atoms with Crippen LogP contribution in [-0.4, -0.2) is 35.1 Å². The summed E-state index contributed by atoms with van der Waals surface area (Å²) in [5, 5.41) is 11.5. The number of hydrogen-bond donors (Lipinski definition) is 2. The summed E-state index contributed by atoms with van der Waals surface area (Å²) >= 11 is 1.19. The van der Waals surface area contributed by atoms with Crippen molar-refractivity contribution < 1.29 is 4.79 Å². The second kappa shape index (κ2) is 5.72. The Hall–Kier alpha value is -1.27. The largest absolute Gasteiger partial charge is 0.350 e. The molecule has 0 unspecified atom stereocenters. The summed E-state index contributed by atoms with van der Waals surface area (Å²) < 4.78 is 3.65. The van der Waals surface area contributed by atoms with Crippen molar-refractivity contribution in [2.75, 3.05) is 19.6 Å². The lowest BCUT2D eigenvalue weighted by Gasteiger charge is -2.13. The Kier molecular flexibility index (Phi) is 4.01. The smallest absolute Gasteiger partial charge is 0.272 e. The molecule has 0 saturated carbocycles. The van der Waals surface area contributed by atoms with Crippen LogP contribution >= 0.6 is 11.5 Å². The zero-order chi connectivity index (χ0) is 11.2. The van der Waals surface area contributed by atoms with Crippen LogP contribution in [0.2, 0.25) is 0 Å². The lowest BCUT2D eigenvalue weighted by Crippen LogP contribution is -2.26. The van der Waals surface area contributed by atoms with E-state index < -0.39 is 0 Å². The minimum absolute atomic E-state index is 0.136. The van der Waals surface area contributed by atoms with Gasteiger partial charge in [-0.25, -0.2) is 0 Å². The topological polar surface area (TPSA) is 66.9 Å². The monoisotopic (exact) mass is 238 g/mol. The van der Waals surface area contributed by atoms with Gasteiger partial charge in [0.15, 0.2) is 5.69 Å². The van der Waals surface area contributed by atoms with Gasteiger partial charge >= 0.3 is 0 Å². The zero-order valence-corrected chi connectivity index (χ0v) is 9.72. The molecule has 0 aliphatic carbocycles. The highest BCUT2D eigenvalue weighted by molar-refractivity contribution is 7.03. The highest BCUT2D eigenvalue weighted by Crippen LogP contribution is 2.08. The summed E-state index contributed by atoms with van der Waals surface area (Å²) in [7, 11) is 0. The molecular weight excluding hydrogens is 224 g/mol. The van der Waals surface area contributed by atoms with Gasteiger partial charge in [-0.15, -0.1) is 5.10 Å². The molecule has 1 aliphatic rings. The van der Waals surface area contributed by atoms with Crippen molar-refractivity contribution in [3.63, 3.8) is 0 Å². The van der Waals surface area contributed by atoms with Crippen LogP contribution in [0.5, 0.6) is 0 Å². The fraction of sp³-hybridized carbons (Fsp3) is 0.500. The first-order chi connectivity index (χ1) is 7.86. The third-order valence-corrected chi connectivity index (χ3v) is 2.99. The predicted molar refractivity (Wildman–Crippen MR) is 62.4 cm³/mol. The van der Waals surface area contributed by atoms with Crippen LogP contribution in [0.4, 0.5) is 0 Å². The van der Waals surface area contributed by atoms with E-state index in [4.69, 9.17) is 0 Å². The van der Waals surface area contributed by atoms with E-state index in [1.54, 1.807) is 5.38 Å². The molecule has 2 rings (SSSR count). The van der Waals surface area contributed by atoms with Crippen molar-refractivity contribution >= 4 is 17.4 Å². The summed E-state index contributed by atoms with van der Waals surface area (Å²) in [6, 6.07) is 0. The Balaban J connectivity index is 1.72. The molecule has 0 fully saturated rings. The molecule has 5 nitrogen and oxygen atoms in total. The Morgan fingerprint density at radius 3 is 3.25 bits per heavy atom. The van der Waals surface area contributed by atoms with E-state index in [1.807, 2.05) is 0 Å². The van der Waals surface area contributed by atoms with E-state index in [1.165, 1.54) is 17.1 Å². The molecular formula is C10H14N4OS. The molecule has 2 heterocycles. The van der Waals surface area contributed by atoms with Crippen molar-refractivity contribution in [3.05, 3.63) is 22.7 Å². The minimum Gasteiger partial charge on any atom is -0.350 e. The van der Waals surface area contributed by atoms with Gasteiger partial charge in [-0.3, -0.25) is 4.79 Å². The molecule has 2 N–H and O–H groups in total. The molecule has 1 aliphatic heterocycles. The summed E-state index contributed by atoms with van der Waals surface area (Å²) in [4.78, 5) is 11.5. The molecule has 0 radical (unpaired) electrons. The number of aromatic nitrogens is 2. The van der Waals surface area contributed by atoms with Gasteiger partial charge in [-0.1, -0.05) is 16.1 Å². The molecule has 6 heteroatoms. The van der Waals surface area contributed by atoms with Crippen molar-refractivity contribution in [2.24, 2.45) is 0 Å². The van der Waals surface area contributed by atoms with E-state index in [-0.39, 0.29) is 5.91 Å². The first kappa shape index (κ1) is 11.2. The van der Waals surface area contributed by atoms with Gasteiger partial charge in [0.2, 0.25) is 0 Å². The van der Waals surface area contributed by atoms with Crippen LogP contribution < -0.4 is 10.6 Å². The Bertz CT molecular complexity index is 374. The number of rotatable bonds is 4. The molecule has 0 aromatic carbocycles. The fourth-order valence-electron chi connectivity index (χ4n) is 1.59. The summed E-state index contributed by atoms with van der Waals surface area (Å²) in [5.74, 6) is -0.136. The molecule has 1 aromatic heterocycles. The average Bonchev–Trinajstić information content (AvgIpc) is 2.84. The SMILES string of the molecule is O=C(NCCC1=CCNCC1)c1csnn1. The Labute approximate surface area is 98.1 Å². The second-order valence-electron chi connectivity index (χ2n) is 3.61. The summed E-state index contributed by atoms with van der Waals surface area (Å²) in [6.45, 7) is 2.65. The number of amides is 1. The second-order valence-corrected chi connectivity index (χ2v) is 4.22. The zero-order valence-electron chi connectivity index (χ0n) is 8.90. The molecule has 0 atom stereocenters. The molecule has 16 heavy (non-hydrogen) atoms. The van der Waals surface area contributed by atoms with Crippen LogP contribution in [-0.2, 0) is 0 Å². The minimum atomic E-state index is -0.136. The maximum absolute atomic E-state index is 11.5. The normalized spacial score (nSPS) is 15.6. The summed E-state index contributed by atoms with van der Waals surface area (Å²) in [5.41, 5.74) is 1.82. The molecule has 0 bridgehead atoms. The molecule has 1 aromatic rings. The Morgan fingerprint density at radius 2 is 2.56 bits per heavy atom. The molecule has 0 spiro atoms. The highest BCUT2D eigenvalue weighted by Gasteiger charge is 2.08. The third-order valence-electron chi connectivity index (χ3n) is 2.48. The number of nitrogens with zero attached hydrogens (tertiary/aromatic N) is 2. The van der Waals surface area contributed by atoms with Gasteiger partial charge in [0, 0.05) is 18.5 Å². The first-order valence-corrected chi connectivity index (χ1v) is 6.14. The number of nitrogens with one attached hydrogen (secondary N) is 2. The van der Waals surface area contributed by atoms with Gasteiger partial charge in [-0.2, -0.15) is 0 Å². The quantitative estimate of drug-likeness (QED) is 0.753. The van der Waals surface area contributed by atoms with Crippen LogP contribution in [0.3, 0.4) is 0 Å². The van der Waals surface area contributed by atoms with E-state index in [9.17, 15) is 4.79 Å². The van der Waals surface area contributed by atoms with Crippen LogP contribution in [0, 0.1) is 0 Å². The predicted octanol–water partition coefficient (Wildman–Crippen LogP) is 0.578. The van der Waals surface area contributed by atoms with Crippen LogP contribution in [0.15, 0.2) is 17.0 Å². The first-order valence-electron chi connectivity index (χ1n) is 5.30. The van der Waals surface area contributed by atoms with Gasteiger partial charge < -0.3 is 10.6 Å².